The van der Waals surface area contributed by atoms with Crippen molar-refractivity contribution in [2.45, 2.75) is 19.3 Å². The van der Waals surface area contributed by atoms with E-state index in [9.17, 15) is 0 Å². The number of para-hydroxylation sites is 2. The van der Waals surface area contributed by atoms with Gasteiger partial charge in [0, 0.05) is 40.2 Å². The minimum Gasteiger partial charge on any atom is -0.310 e. The summed E-state index contributed by atoms with van der Waals surface area (Å²) in [6.07, 6.45) is 5.92. The van der Waals surface area contributed by atoms with Crippen molar-refractivity contribution in [3.63, 3.8) is 0 Å². The second-order valence-electron chi connectivity index (χ2n) is 11.3. The minimum atomic E-state index is -0.154. The lowest BCUT2D eigenvalue weighted by molar-refractivity contribution is -0.429. The first-order valence-corrected chi connectivity index (χ1v) is 14.0. The zero-order valence-electron chi connectivity index (χ0n) is 23.3. The summed E-state index contributed by atoms with van der Waals surface area (Å²) in [5, 5.41) is 2.43. The topological polar surface area (TPSA) is 27.1 Å². The van der Waals surface area contributed by atoms with Crippen LogP contribution in [0.4, 0.5) is 22.7 Å². The van der Waals surface area contributed by atoms with Crippen LogP contribution in [0.5, 0.6) is 0 Å². The highest BCUT2D eigenvalue weighted by atomic mass is 15.2. The Balaban J connectivity index is 1.42. The van der Waals surface area contributed by atoms with Gasteiger partial charge in [0.1, 0.15) is 5.82 Å². The van der Waals surface area contributed by atoms with Gasteiger partial charge in [-0.1, -0.05) is 71.5 Å². The monoisotopic (exact) mass is 531 g/mol. The fourth-order valence-electron chi connectivity index (χ4n) is 6.51. The van der Waals surface area contributed by atoms with Gasteiger partial charge in [0.05, 0.1) is 22.4 Å². The SMILES string of the molecule is C[N+]1=C=[N+](c2ccc3c(c2)N(c2ccc4c5ccccc5n(-c5ccccn5)c4c2)c2ccccc2C3(C)C)C=C1. The fourth-order valence-corrected chi connectivity index (χ4v) is 6.51. The van der Waals surface area contributed by atoms with Crippen molar-refractivity contribution in [1.82, 2.24) is 9.55 Å². The summed E-state index contributed by atoms with van der Waals surface area (Å²) < 4.78 is 6.27. The van der Waals surface area contributed by atoms with Crippen LogP contribution in [0.1, 0.15) is 25.0 Å². The van der Waals surface area contributed by atoms with E-state index in [4.69, 9.17) is 4.98 Å². The lowest BCUT2D eigenvalue weighted by Gasteiger charge is -2.41. The van der Waals surface area contributed by atoms with E-state index < -0.39 is 0 Å². The molecule has 0 N–H and O–H groups in total. The van der Waals surface area contributed by atoms with E-state index in [0.29, 0.717) is 0 Å². The Labute approximate surface area is 238 Å². The van der Waals surface area contributed by atoms with Crippen molar-refractivity contribution in [2.75, 3.05) is 11.9 Å². The van der Waals surface area contributed by atoms with Crippen molar-refractivity contribution in [2.24, 2.45) is 0 Å². The van der Waals surface area contributed by atoms with Gasteiger partial charge >= 0.3 is 6.01 Å². The molecule has 0 unspecified atom stereocenters. The maximum absolute atomic E-state index is 4.74. The lowest BCUT2D eigenvalue weighted by Crippen LogP contribution is -2.30. The number of hydrogen-bond donors (Lipinski definition) is 0. The predicted molar refractivity (Wildman–Crippen MR) is 166 cm³/mol. The summed E-state index contributed by atoms with van der Waals surface area (Å²) in [6, 6.07) is 40.4. The highest BCUT2D eigenvalue weighted by Crippen LogP contribution is 2.53. The molecule has 2 aliphatic heterocycles. The van der Waals surface area contributed by atoms with Gasteiger partial charge in [-0.3, -0.25) is 4.57 Å². The number of nitrogens with zero attached hydrogens (tertiary/aromatic N) is 5. The van der Waals surface area contributed by atoms with Gasteiger partial charge in [-0.05, 0) is 53.6 Å². The molecular formula is C36H29N5+2. The van der Waals surface area contributed by atoms with Crippen LogP contribution in [-0.4, -0.2) is 31.8 Å². The van der Waals surface area contributed by atoms with E-state index in [0.717, 1.165) is 28.2 Å². The van der Waals surface area contributed by atoms with E-state index >= 15 is 0 Å². The molecule has 4 heterocycles. The van der Waals surface area contributed by atoms with Crippen molar-refractivity contribution in [3.05, 3.63) is 133 Å². The Morgan fingerprint density at radius 2 is 1.49 bits per heavy atom. The molecule has 6 aromatic rings. The average Bonchev–Trinajstić information content (AvgIpc) is 3.58. The van der Waals surface area contributed by atoms with Crippen LogP contribution < -0.4 is 4.90 Å². The smallest absolute Gasteiger partial charge is 0.310 e. The molecule has 0 aliphatic carbocycles. The molecule has 5 nitrogen and oxygen atoms in total. The summed E-state index contributed by atoms with van der Waals surface area (Å²) in [5.74, 6) is 0.912. The van der Waals surface area contributed by atoms with Gasteiger partial charge < -0.3 is 4.90 Å². The first kappa shape index (κ1) is 23.6. The number of hydrogen-bond acceptors (Lipinski definition) is 2. The van der Waals surface area contributed by atoms with Gasteiger partial charge in [0.15, 0.2) is 7.05 Å². The first-order chi connectivity index (χ1) is 20.0. The molecule has 0 fully saturated rings. The average molecular weight is 532 g/mol. The predicted octanol–water partition coefficient (Wildman–Crippen LogP) is 8.23. The Morgan fingerprint density at radius 3 is 2.32 bits per heavy atom. The molecule has 0 amide bonds. The molecule has 0 radical (unpaired) electrons. The van der Waals surface area contributed by atoms with Crippen molar-refractivity contribution >= 4 is 50.6 Å². The third kappa shape index (κ3) is 3.46. The summed E-state index contributed by atoms with van der Waals surface area (Å²) in [4.78, 5) is 7.16. The van der Waals surface area contributed by atoms with Gasteiger partial charge in [0.25, 0.3) is 6.20 Å². The molecule has 41 heavy (non-hydrogen) atoms. The maximum atomic E-state index is 4.74. The van der Waals surface area contributed by atoms with E-state index in [1.54, 1.807) is 0 Å². The largest absolute Gasteiger partial charge is 0.495 e. The summed E-state index contributed by atoms with van der Waals surface area (Å²) in [5.41, 5.74) is 9.30. The van der Waals surface area contributed by atoms with Crippen LogP contribution in [0.15, 0.2) is 122 Å². The van der Waals surface area contributed by atoms with Gasteiger partial charge in [-0.25, -0.2) is 4.98 Å². The molecule has 0 saturated carbocycles. The molecule has 0 bridgehead atoms. The second-order valence-corrected chi connectivity index (χ2v) is 11.3. The zero-order chi connectivity index (χ0) is 27.7. The van der Waals surface area contributed by atoms with Crippen LogP contribution in [0.2, 0.25) is 0 Å². The van der Waals surface area contributed by atoms with Gasteiger partial charge in [-0.15, -0.1) is 0 Å². The Bertz CT molecular complexity index is 2120. The quantitative estimate of drug-likeness (QED) is 0.215. The standard InChI is InChI=1S/C36H29N5/c1-36(2)29-11-5-7-13-32(29)40(34-22-25(16-18-30(34)36)39-21-20-38(3)24-39)26-15-17-28-27-10-4-6-12-31(27)41(33(28)23-26)35-14-8-9-19-37-35/h4-23H,1-3H3/q+2. The van der Waals surface area contributed by atoms with Crippen LogP contribution in [-0.2, 0) is 5.41 Å². The van der Waals surface area contributed by atoms with Crippen molar-refractivity contribution in [1.29, 1.82) is 0 Å². The van der Waals surface area contributed by atoms with Crippen LogP contribution in [0, 0.1) is 0 Å². The number of fused-ring (bicyclic) bond motifs is 5. The molecule has 5 heteroatoms. The molecule has 0 spiro atoms. The second kappa shape index (κ2) is 8.62. The molecule has 196 valence electrons. The highest BCUT2D eigenvalue weighted by Gasteiger charge is 2.38. The fraction of sp³-hybridized carbons (Fsp3) is 0.111. The maximum Gasteiger partial charge on any atom is 0.495 e. The van der Waals surface area contributed by atoms with Gasteiger partial charge in [0.2, 0.25) is 11.9 Å². The number of benzene rings is 4. The van der Waals surface area contributed by atoms with Crippen molar-refractivity contribution in [3.8, 4) is 5.82 Å². The van der Waals surface area contributed by atoms with E-state index in [2.05, 4.69) is 120 Å². The molecular weight excluding hydrogens is 502 g/mol. The summed E-state index contributed by atoms with van der Waals surface area (Å²) in [7, 11) is 2.00. The third-order valence-corrected chi connectivity index (χ3v) is 8.49. The normalized spacial score (nSPS) is 15.1. The highest BCUT2D eigenvalue weighted by molar-refractivity contribution is 6.10. The first-order valence-electron chi connectivity index (χ1n) is 14.0. The lowest BCUT2D eigenvalue weighted by atomic mass is 9.73. The molecule has 2 aliphatic rings. The molecule has 4 aromatic carbocycles. The zero-order valence-corrected chi connectivity index (χ0v) is 23.3. The van der Waals surface area contributed by atoms with Gasteiger partial charge in [-0.2, -0.15) is 0 Å². The summed E-state index contributed by atoms with van der Waals surface area (Å²) >= 11 is 0. The number of rotatable bonds is 3. The van der Waals surface area contributed by atoms with Crippen LogP contribution in [0.3, 0.4) is 0 Å². The van der Waals surface area contributed by atoms with E-state index in [1.807, 2.05) is 46.9 Å². The molecule has 8 rings (SSSR count). The third-order valence-electron chi connectivity index (χ3n) is 8.49. The Kier molecular flexibility index (Phi) is 4.97. The molecule has 0 atom stereocenters. The van der Waals surface area contributed by atoms with Crippen molar-refractivity contribution < 1.29 is 9.15 Å². The number of anilines is 3. The van der Waals surface area contributed by atoms with E-state index in [1.165, 1.54) is 33.3 Å². The molecule has 2 aromatic heterocycles. The Hall–Kier alpha value is -5.25. The number of pyridine rings is 1. The van der Waals surface area contributed by atoms with Crippen LogP contribution >= 0.6 is 0 Å². The summed E-state index contributed by atoms with van der Waals surface area (Å²) in [6.45, 7) is 4.65. The Morgan fingerprint density at radius 1 is 0.707 bits per heavy atom. The minimum absolute atomic E-state index is 0.154. The van der Waals surface area contributed by atoms with Crippen LogP contribution in [0.25, 0.3) is 27.6 Å². The number of aromatic nitrogens is 2. The molecule has 0 saturated heterocycles. The van der Waals surface area contributed by atoms with E-state index in [-0.39, 0.29) is 5.41 Å².